The predicted molar refractivity (Wildman–Crippen MR) is 70.5 cm³/mol. The van der Waals surface area contributed by atoms with Gasteiger partial charge in [-0.05, 0) is 20.0 Å². The minimum atomic E-state index is 0.518. The SMILES string of the molecule is CC(C)CN(CCN(C)C)c1nsnc1Cl. The number of hydrogen-bond donors (Lipinski definition) is 0. The van der Waals surface area contributed by atoms with Gasteiger partial charge in [0.15, 0.2) is 11.0 Å². The molecule has 0 amide bonds. The Morgan fingerprint density at radius 1 is 1.25 bits per heavy atom. The number of nitrogens with zero attached hydrogens (tertiary/aromatic N) is 4. The van der Waals surface area contributed by atoms with Crippen LogP contribution in [0.1, 0.15) is 13.8 Å². The molecule has 0 aliphatic rings. The Balaban J connectivity index is 2.67. The molecule has 6 heteroatoms. The molecule has 1 rings (SSSR count). The Bertz CT molecular complexity index is 314. The van der Waals surface area contributed by atoms with E-state index in [1.54, 1.807) is 0 Å². The first-order chi connectivity index (χ1) is 7.50. The average Bonchev–Trinajstić information content (AvgIpc) is 2.58. The zero-order valence-corrected chi connectivity index (χ0v) is 11.8. The molecule has 0 unspecified atom stereocenters. The Labute approximate surface area is 107 Å². The van der Waals surface area contributed by atoms with Gasteiger partial charge in [-0.25, -0.2) is 0 Å². The molecule has 0 aromatic carbocycles. The van der Waals surface area contributed by atoms with Gasteiger partial charge in [0.25, 0.3) is 0 Å². The third-order valence-corrected chi connectivity index (χ3v) is 3.01. The summed E-state index contributed by atoms with van der Waals surface area (Å²) in [6.07, 6.45) is 0. The van der Waals surface area contributed by atoms with Crippen molar-refractivity contribution in [2.24, 2.45) is 5.92 Å². The van der Waals surface area contributed by atoms with Crippen LogP contribution in [-0.2, 0) is 0 Å². The van der Waals surface area contributed by atoms with Gasteiger partial charge in [-0.2, -0.15) is 8.75 Å². The lowest BCUT2D eigenvalue weighted by Gasteiger charge is -2.25. The summed E-state index contributed by atoms with van der Waals surface area (Å²) in [5, 5.41) is 0.518. The first kappa shape index (κ1) is 13.7. The summed E-state index contributed by atoms with van der Waals surface area (Å²) >= 11 is 7.18. The smallest absolute Gasteiger partial charge is 0.187 e. The van der Waals surface area contributed by atoms with Gasteiger partial charge in [0.05, 0.1) is 11.7 Å². The van der Waals surface area contributed by atoms with E-state index in [0.717, 1.165) is 25.5 Å². The van der Waals surface area contributed by atoms with Crippen molar-refractivity contribution in [1.29, 1.82) is 0 Å². The van der Waals surface area contributed by atoms with Crippen LogP contribution >= 0.6 is 23.3 Å². The van der Waals surface area contributed by atoms with Gasteiger partial charge in [0.1, 0.15) is 0 Å². The number of likely N-dealkylation sites (N-methyl/N-ethyl adjacent to an activating group) is 1. The summed E-state index contributed by atoms with van der Waals surface area (Å²) in [6.45, 7) is 7.25. The summed E-state index contributed by atoms with van der Waals surface area (Å²) in [6, 6.07) is 0. The van der Waals surface area contributed by atoms with Crippen LogP contribution in [0.25, 0.3) is 0 Å². The quantitative estimate of drug-likeness (QED) is 0.787. The lowest BCUT2D eigenvalue weighted by molar-refractivity contribution is 0.408. The van der Waals surface area contributed by atoms with Gasteiger partial charge in [-0.15, -0.1) is 0 Å². The van der Waals surface area contributed by atoms with Crippen molar-refractivity contribution < 1.29 is 0 Å². The molecule has 1 heterocycles. The third-order valence-electron chi connectivity index (χ3n) is 2.13. The fourth-order valence-electron chi connectivity index (χ4n) is 1.41. The second-order valence-corrected chi connectivity index (χ2v) is 5.41. The van der Waals surface area contributed by atoms with Gasteiger partial charge in [0, 0.05) is 19.6 Å². The van der Waals surface area contributed by atoms with E-state index in [2.05, 4.69) is 46.5 Å². The van der Waals surface area contributed by atoms with E-state index in [4.69, 9.17) is 11.6 Å². The molecule has 4 nitrogen and oxygen atoms in total. The molecule has 92 valence electrons. The maximum absolute atomic E-state index is 6.01. The fourth-order valence-corrected chi connectivity index (χ4v) is 2.18. The Morgan fingerprint density at radius 3 is 2.38 bits per heavy atom. The lowest BCUT2D eigenvalue weighted by Crippen LogP contribution is -2.34. The fraction of sp³-hybridized carbons (Fsp3) is 0.800. The maximum atomic E-state index is 6.01. The number of aromatic nitrogens is 2. The van der Waals surface area contributed by atoms with Crippen molar-refractivity contribution in [1.82, 2.24) is 13.6 Å². The van der Waals surface area contributed by atoms with Crippen LogP contribution in [0.2, 0.25) is 5.15 Å². The van der Waals surface area contributed by atoms with Crippen LogP contribution in [0.4, 0.5) is 5.82 Å². The highest BCUT2D eigenvalue weighted by Crippen LogP contribution is 2.23. The normalized spacial score (nSPS) is 11.4. The number of halogens is 1. The minimum Gasteiger partial charge on any atom is -0.352 e. The molecule has 0 spiro atoms. The molecule has 0 radical (unpaired) electrons. The van der Waals surface area contributed by atoms with Gasteiger partial charge in [-0.1, -0.05) is 25.4 Å². The first-order valence-electron chi connectivity index (χ1n) is 5.38. The molecular weight excluding hydrogens is 244 g/mol. The van der Waals surface area contributed by atoms with Gasteiger partial charge in [-0.3, -0.25) is 0 Å². The molecule has 0 aliphatic carbocycles. The molecule has 0 saturated carbocycles. The van der Waals surface area contributed by atoms with Crippen molar-refractivity contribution in [3.05, 3.63) is 5.15 Å². The highest BCUT2D eigenvalue weighted by atomic mass is 35.5. The van der Waals surface area contributed by atoms with E-state index in [1.165, 1.54) is 11.7 Å². The summed E-state index contributed by atoms with van der Waals surface area (Å²) in [7, 11) is 4.13. The largest absolute Gasteiger partial charge is 0.352 e. The topological polar surface area (TPSA) is 32.3 Å². The summed E-state index contributed by atoms with van der Waals surface area (Å²) < 4.78 is 8.27. The number of hydrogen-bond acceptors (Lipinski definition) is 5. The third kappa shape index (κ3) is 4.23. The molecular formula is C10H19ClN4S. The van der Waals surface area contributed by atoms with Crippen molar-refractivity contribution in [2.75, 3.05) is 38.6 Å². The van der Waals surface area contributed by atoms with Crippen LogP contribution in [-0.4, -0.2) is 47.4 Å². The molecule has 0 atom stereocenters. The van der Waals surface area contributed by atoms with Crippen LogP contribution in [0, 0.1) is 5.92 Å². The van der Waals surface area contributed by atoms with E-state index in [1.807, 2.05) is 0 Å². The molecule has 1 aromatic heterocycles. The average molecular weight is 263 g/mol. The summed E-state index contributed by atoms with van der Waals surface area (Å²) in [5.74, 6) is 1.40. The van der Waals surface area contributed by atoms with E-state index >= 15 is 0 Å². The zero-order chi connectivity index (χ0) is 12.1. The van der Waals surface area contributed by atoms with E-state index in [9.17, 15) is 0 Å². The number of anilines is 1. The van der Waals surface area contributed by atoms with Crippen LogP contribution in [0.5, 0.6) is 0 Å². The van der Waals surface area contributed by atoms with Crippen LogP contribution in [0.15, 0.2) is 0 Å². The van der Waals surface area contributed by atoms with Crippen molar-refractivity contribution in [3.63, 3.8) is 0 Å². The monoisotopic (exact) mass is 262 g/mol. The molecule has 0 aliphatic heterocycles. The second kappa shape index (κ2) is 6.37. The summed E-state index contributed by atoms with van der Waals surface area (Å²) in [5.41, 5.74) is 0. The molecule has 0 N–H and O–H groups in total. The van der Waals surface area contributed by atoms with E-state index in [0.29, 0.717) is 11.1 Å². The zero-order valence-electron chi connectivity index (χ0n) is 10.3. The minimum absolute atomic E-state index is 0.518. The van der Waals surface area contributed by atoms with Gasteiger partial charge < -0.3 is 9.80 Å². The first-order valence-corrected chi connectivity index (χ1v) is 6.49. The highest BCUT2D eigenvalue weighted by molar-refractivity contribution is 6.99. The Hall–Kier alpha value is -0.390. The molecule has 1 aromatic rings. The van der Waals surface area contributed by atoms with E-state index < -0.39 is 0 Å². The highest BCUT2D eigenvalue weighted by Gasteiger charge is 2.15. The maximum Gasteiger partial charge on any atom is 0.187 e. The molecule has 0 bridgehead atoms. The Kier molecular flexibility index (Phi) is 5.44. The molecule has 0 fully saturated rings. The van der Waals surface area contributed by atoms with Crippen molar-refractivity contribution in [2.45, 2.75) is 13.8 Å². The van der Waals surface area contributed by atoms with Crippen LogP contribution < -0.4 is 4.90 Å². The van der Waals surface area contributed by atoms with Crippen LogP contribution in [0.3, 0.4) is 0 Å². The van der Waals surface area contributed by atoms with Gasteiger partial charge >= 0.3 is 0 Å². The number of rotatable bonds is 6. The molecule has 0 saturated heterocycles. The second-order valence-electron chi connectivity index (χ2n) is 4.52. The standard InChI is InChI=1S/C10H19ClN4S/c1-8(2)7-15(6-5-14(3)4)10-9(11)12-16-13-10/h8H,5-7H2,1-4H3. The lowest BCUT2D eigenvalue weighted by atomic mass is 10.2. The van der Waals surface area contributed by atoms with Gasteiger partial charge in [0.2, 0.25) is 0 Å². The Morgan fingerprint density at radius 2 is 1.94 bits per heavy atom. The molecule has 16 heavy (non-hydrogen) atoms. The predicted octanol–water partition coefficient (Wildman–Crippen LogP) is 2.22. The van der Waals surface area contributed by atoms with Crippen molar-refractivity contribution in [3.8, 4) is 0 Å². The van der Waals surface area contributed by atoms with Crippen molar-refractivity contribution >= 4 is 29.1 Å². The summed E-state index contributed by atoms with van der Waals surface area (Å²) in [4.78, 5) is 4.36. The van der Waals surface area contributed by atoms with E-state index in [-0.39, 0.29) is 0 Å².